The average molecular weight is 282 g/mol. The predicted molar refractivity (Wildman–Crippen MR) is 64.5 cm³/mol. The fourth-order valence-corrected chi connectivity index (χ4v) is 2.36. The van der Waals surface area contributed by atoms with Crippen LogP contribution in [0.2, 0.25) is 10.0 Å². The molecule has 0 aliphatic rings. The molecule has 0 atom stereocenters. The van der Waals surface area contributed by atoms with E-state index >= 15 is 0 Å². The van der Waals surface area contributed by atoms with Gasteiger partial charge in [-0.25, -0.2) is 8.42 Å². The first-order valence-electron chi connectivity index (χ1n) is 4.17. The lowest BCUT2D eigenvalue weighted by molar-refractivity contribution is 0.319. The Labute approximate surface area is 103 Å². The molecule has 16 heavy (non-hydrogen) atoms. The van der Waals surface area contributed by atoms with Crippen LogP contribution in [0.3, 0.4) is 0 Å². The molecule has 1 N–H and O–H groups in total. The van der Waals surface area contributed by atoms with Crippen LogP contribution in [0.25, 0.3) is 0 Å². The van der Waals surface area contributed by atoms with E-state index in [1.54, 1.807) is 0 Å². The lowest BCUT2D eigenvalue weighted by atomic mass is 10.1. The van der Waals surface area contributed by atoms with Crippen molar-refractivity contribution in [3.63, 3.8) is 0 Å². The zero-order valence-corrected chi connectivity index (χ0v) is 10.6. The molecule has 0 bridgehead atoms. The van der Waals surface area contributed by atoms with Crippen LogP contribution in [0.1, 0.15) is 5.56 Å². The van der Waals surface area contributed by atoms with Gasteiger partial charge in [-0.15, -0.1) is 0 Å². The summed E-state index contributed by atoms with van der Waals surface area (Å²) >= 11 is 11.6. The molecule has 0 saturated carbocycles. The fraction of sp³-hybridized carbons (Fsp3) is 0.222. The van der Waals surface area contributed by atoms with Gasteiger partial charge in [-0.05, 0) is 12.1 Å². The highest BCUT2D eigenvalue weighted by Gasteiger charge is 2.15. The molecule has 0 aromatic heterocycles. The molecule has 0 radical (unpaired) electrons. The maximum absolute atomic E-state index is 11.1. The molecule has 1 aromatic rings. The van der Waals surface area contributed by atoms with E-state index < -0.39 is 9.84 Å². The highest BCUT2D eigenvalue weighted by molar-refractivity contribution is 7.91. The third kappa shape index (κ3) is 3.66. The Kier molecular flexibility index (Phi) is 4.18. The molecule has 1 aromatic carbocycles. The van der Waals surface area contributed by atoms with Gasteiger partial charge in [0.15, 0.2) is 9.84 Å². The minimum absolute atomic E-state index is 0.0100. The zero-order chi connectivity index (χ0) is 12.3. The number of rotatable bonds is 3. The van der Waals surface area contributed by atoms with Gasteiger partial charge in [0.25, 0.3) is 0 Å². The van der Waals surface area contributed by atoms with Crippen LogP contribution in [0.5, 0.6) is 0 Å². The molecule has 4 nitrogen and oxygen atoms in total. The summed E-state index contributed by atoms with van der Waals surface area (Å²) in [5.74, 6) is -0.384. The highest BCUT2D eigenvalue weighted by atomic mass is 35.5. The van der Waals surface area contributed by atoms with Gasteiger partial charge in [0.05, 0.1) is 10.8 Å². The Morgan fingerprint density at radius 3 is 2.50 bits per heavy atom. The molecule has 0 heterocycles. The van der Waals surface area contributed by atoms with E-state index in [0.29, 0.717) is 10.6 Å². The molecule has 0 aliphatic carbocycles. The molecular weight excluding hydrogens is 273 g/mol. The van der Waals surface area contributed by atoms with Gasteiger partial charge >= 0.3 is 0 Å². The van der Waals surface area contributed by atoms with Crippen LogP contribution in [-0.2, 0) is 9.84 Å². The van der Waals surface area contributed by atoms with Crippen molar-refractivity contribution in [2.75, 3.05) is 12.0 Å². The number of benzene rings is 1. The van der Waals surface area contributed by atoms with E-state index in [9.17, 15) is 8.42 Å². The van der Waals surface area contributed by atoms with Crippen LogP contribution in [0, 0.1) is 0 Å². The van der Waals surface area contributed by atoms with Crippen molar-refractivity contribution < 1.29 is 13.6 Å². The number of hydrogen-bond donors (Lipinski definition) is 1. The second-order valence-corrected chi connectivity index (χ2v) is 6.22. The topological polar surface area (TPSA) is 66.7 Å². The average Bonchev–Trinajstić information content (AvgIpc) is 2.13. The summed E-state index contributed by atoms with van der Waals surface area (Å²) in [6, 6.07) is 4.49. The number of hydrogen-bond acceptors (Lipinski definition) is 4. The first kappa shape index (κ1) is 13.3. The molecule has 88 valence electrons. The Morgan fingerprint density at radius 2 is 2.06 bits per heavy atom. The number of nitrogens with zero attached hydrogens (tertiary/aromatic N) is 1. The second kappa shape index (κ2) is 5.03. The molecule has 0 unspecified atom stereocenters. The zero-order valence-electron chi connectivity index (χ0n) is 8.31. The Balaban J connectivity index is 3.16. The van der Waals surface area contributed by atoms with Crippen molar-refractivity contribution in [2.24, 2.45) is 5.16 Å². The monoisotopic (exact) mass is 281 g/mol. The predicted octanol–water partition coefficient (Wildman–Crippen LogP) is 2.22. The molecule has 0 spiro atoms. The van der Waals surface area contributed by atoms with Crippen LogP contribution in [-0.4, -0.2) is 31.3 Å². The number of sulfone groups is 1. The first-order valence-corrected chi connectivity index (χ1v) is 6.99. The van der Waals surface area contributed by atoms with Gasteiger partial charge < -0.3 is 5.21 Å². The van der Waals surface area contributed by atoms with E-state index in [-0.39, 0.29) is 16.5 Å². The van der Waals surface area contributed by atoms with Gasteiger partial charge in [0.2, 0.25) is 0 Å². The molecule has 0 saturated heterocycles. The van der Waals surface area contributed by atoms with E-state index in [1.165, 1.54) is 18.2 Å². The van der Waals surface area contributed by atoms with Crippen molar-refractivity contribution >= 4 is 38.8 Å². The largest absolute Gasteiger partial charge is 0.411 e. The van der Waals surface area contributed by atoms with Crippen LogP contribution < -0.4 is 0 Å². The molecular formula is C9H9Cl2NO3S. The van der Waals surface area contributed by atoms with Crippen LogP contribution in [0.4, 0.5) is 0 Å². The normalized spacial score (nSPS) is 12.8. The van der Waals surface area contributed by atoms with Gasteiger partial charge in [-0.3, -0.25) is 0 Å². The third-order valence-corrected chi connectivity index (χ3v) is 3.11. The Morgan fingerprint density at radius 1 is 1.44 bits per heavy atom. The summed E-state index contributed by atoms with van der Waals surface area (Å²) in [5, 5.41) is 12.4. The third-order valence-electron chi connectivity index (χ3n) is 1.76. The summed E-state index contributed by atoms with van der Waals surface area (Å²) < 4.78 is 22.2. The summed E-state index contributed by atoms with van der Waals surface area (Å²) in [6.45, 7) is 0. The van der Waals surface area contributed by atoms with E-state index in [0.717, 1.165) is 6.26 Å². The maximum atomic E-state index is 11.1. The quantitative estimate of drug-likeness (QED) is 0.525. The van der Waals surface area contributed by atoms with Crippen molar-refractivity contribution in [2.45, 2.75) is 0 Å². The van der Waals surface area contributed by atoms with Crippen LogP contribution in [0.15, 0.2) is 23.4 Å². The van der Waals surface area contributed by atoms with Crippen molar-refractivity contribution in [3.05, 3.63) is 33.8 Å². The molecule has 0 aliphatic heterocycles. The molecule has 0 amide bonds. The van der Waals surface area contributed by atoms with Gasteiger partial charge in [-0.1, -0.05) is 34.4 Å². The standard InChI is InChI=1S/C9H9Cl2NO3S/c1-16(14,15)5-9(12-13)7-3-2-6(10)4-8(7)11/h2-4,13H,5H2,1H3. The van der Waals surface area contributed by atoms with E-state index in [4.69, 9.17) is 28.4 Å². The minimum atomic E-state index is -3.29. The smallest absolute Gasteiger partial charge is 0.153 e. The van der Waals surface area contributed by atoms with E-state index in [2.05, 4.69) is 5.16 Å². The lowest BCUT2D eigenvalue weighted by Crippen LogP contribution is -2.16. The highest BCUT2D eigenvalue weighted by Crippen LogP contribution is 2.22. The second-order valence-electron chi connectivity index (χ2n) is 3.24. The lowest BCUT2D eigenvalue weighted by Gasteiger charge is -2.05. The summed E-state index contributed by atoms with van der Waals surface area (Å²) in [4.78, 5) is 0. The molecule has 7 heteroatoms. The van der Waals surface area contributed by atoms with Crippen LogP contribution >= 0.6 is 23.2 Å². The SMILES string of the molecule is CS(=O)(=O)CC(=NO)c1ccc(Cl)cc1Cl. The summed E-state index contributed by atoms with van der Waals surface area (Å²) in [5.41, 5.74) is 0.336. The van der Waals surface area contributed by atoms with E-state index in [1.807, 2.05) is 0 Å². The van der Waals surface area contributed by atoms with Gasteiger partial charge in [-0.2, -0.15) is 0 Å². The first-order chi connectivity index (χ1) is 7.33. The summed E-state index contributed by atoms with van der Waals surface area (Å²) in [7, 11) is -3.29. The maximum Gasteiger partial charge on any atom is 0.153 e. The van der Waals surface area contributed by atoms with Gasteiger partial charge in [0.1, 0.15) is 5.71 Å². The van der Waals surface area contributed by atoms with Gasteiger partial charge in [0, 0.05) is 16.8 Å². The molecule has 0 fully saturated rings. The van der Waals surface area contributed by atoms with Crippen molar-refractivity contribution in [3.8, 4) is 0 Å². The van der Waals surface area contributed by atoms with Crippen molar-refractivity contribution in [1.82, 2.24) is 0 Å². The minimum Gasteiger partial charge on any atom is -0.411 e. The summed E-state index contributed by atoms with van der Waals surface area (Å²) in [6.07, 6.45) is 1.04. The van der Waals surface area contributed by atoms with Crippen molar-refractivity contribution in [1.29, 1.82) is 0 Å². The molecule has 1 rings (SSSR count). The number of oxime groups is 1. The number of halogens is 2. The Hall–Kier alpha value is -0.780. The fourth-order valence-electron chi connectivity index (χ4n) is 1.13. The Bertz CT molecular complexity index is 526.